The largest absolute Gasteiger partial charge is 0.405 e. The number of hydrogen-bond donors (Lipinski definition) is 0. The molecular weight excluding hydrogens is 526 g/mol. The van der Waals surface area contributed by atoms with Gasteiger partial charge in [-0.25, -0.2) is 0 Å². The van der Waals surface area contributed by atoms with E-state index in [0.717, 1.165) is 12.3 Å². The van der Waals surface area contributed by atoms with Crippen molar-refractivity contribution in [2.75, 3.05) is 0 Å². The molecule has 0 aliphatic heterocycles. The Bertz CT molecular complexity index is 752. The van der Waals surface area contributed by atoms with Gasteiger partial charge in [-0.05, 0) is 18.7 Å². The molecule has 0 aliphatic carbocycles. The van der Waals surface area contributed by atoms with Crippen molar-refractivity contribution in [2.24, 2.45) is 0 Å². The van der Waals surface area contributed by atoms with Crippen LogP contribution in [0.1, 0.15) is 16.7 Å². The summed E-state index contributed by atoms with van der Waals surface area (Å²) in [7, 11) is 0. The first-order chi connectivity index (χ1) is 10.4. The molecule has 0 aliphatic rings. The van der Waals surface area contributed by atoms with Gasteiger partial charge in [0.05, 0.1) is 11.6 Å². The van der Waals surface area contributed by atoms with Crippen molar-refractivity contribution in [1.29, 1.82) is 0 Å². The third kappa shape index (κ3) is 3.92. The minimum atomic E-state index is -5.65. The van der Waals surface area contributed by atoms with E-state index < -0.39 is 46.4 Å². The average Bonchev–Trinajstić information content (AvgIpc) is 2.35. The fourth-order valence-corrected chi connectivity index (χ4v) is 1.87. The Morgan fingerprint density at radius 3 is 2.00 bits per heavy atom. The monoisotopic (exact) mass is 533 g/mol. The van der Waals surface area contributed by atoms with Crippen LogP contribution < -0.4 is 0 Å². The van der Waals surface area contributed by atoms with Gasteiger partial charge in [-0.1, -0.05) is 17.2 Å². The number of pyridine rings is 1. The van der Waals surface area contributed by atoms with Crippen LogP contribution in [0.4, 0.5) is 35.1 Å². The van der Waals surface area contributed by atoms with Gasteiger partial charge in [-0.2, -0.15) is 26.3 Å². The summed E-state index contributed by atoms with van der Waals surface area (Å²) >= 11 is 0. The van der Waals surface area contributed by atoms with Crippen molar-refractivity contribution in [3.63, 3.8) is 0 Å². The summed E-state index contributed by atoms with van der Waals surface area (Å²) < 4.78 is 104. The summed E-state index contributed by atoms with van der Waals surface area (Å²) in [6.07, 6.45) is -10.1. The number of nitrogens with zero attached hydrogens (tertiary/aromatic N) is 1. The third-order valence-electron chi connectivity index (χ3n) is 2.87. The molecule has 0 atom stereocenters. The Morgan fingerprint density at radius 1 is 0.958 bits per heavy atom. The number of benzene rings is 1. The van der Waals surface area contributed by atoms with E-state index >= 15 is 0 Å². The summed E-state index contributed by atoms with van der Waals surface area (Å²) in [5.41, 5.74) is -6.26. The van der Waals surface area contributed by atoms with Crippen molar-refractivity contribution in [3.05, 3.63) is 52.7 Å². The molecule has 0 fully saturated rings. The second-order valence-corrected chi connectivity index (χ2v) is 4.59. The molecule has 2 rings (SSSR count). The van der Waals surface area contributed by atoms with E-state index in [9.17, 15) is 35.1 Å². The molecule has 0 spiro atoms. The standard InChI is InChI=1S/C14H6F8N.Ir/c1-6-2-3-23-9(4-6)7-5-8(13(17,18)19)12(16)10(11(7)15)14(20,21)22;/h2-4H,1H3;/q-1;. The molecule has 1 heterocycles. The normalized spacial score (nSPS) is 12.0. The fourth-order valence-electron chi connectivity index (χ4n) is 1.87. The van der Waals surface area contributed by atoms with Gasteiger partial charge in [0.15, 0.2) is 0 Å². The van der Waals surface area contributed by atoms with Crippen LogP contribution >= 0.6 is 0 Å². The molecule has 0 unspecified atom stereocenters. The van der Waals surface area contributed by atoms with Crippen LogP contribution in [0.15, 0.2) is 18.3 Å². The Balaban J connectivity index is 0.00000288. The van der Waals surface area contributed by atoms with Gasteiger partial charge >= 0.3 is 12.4 Å². The predicted molar refractivity (Wildman–Crippen MR) is 63.2 cm³/mol. The van der Waals surface area contributed by atoms with E-state index in [-0.39, 0.29) is 20.1 Å². The Kier molecular flexibility index (Phi) is 5.77. The van der Waals surface area contributed by atoms with Gasteiger partial charge < -0.3 is 4.98 Å². The number of rotatable bonds is 1. The van der Waals surface area contributed by atoms with Gasteiger partial charge in [0, 0.05) is 37.4 Å². The van der Waals surface area contributed by atoms with E-state index in [2.05, 4.69) is 4.98 Å². The summed E-state index contributed by atoms with van der Waals surface area (Å²) in [6, 6.07) is 3.81. The first kappa shape index (κ1) is 20.5. The summed E-state index contributed by atoms with van der Waals surface area (Å²) in [4.78, 5) is 3.52. The molecular formula is C14H6F8IrN-. The van der Waals surface area contributed by atoms with Gasteiger partial charge in [0.1, 0.15) is 0 Å². The summed E-state index contributed by atoms with van der Waals surface area (Å²) in [5.74, 6) is -4.94. The maximum atomic E-state index is 14.0. The van der Waals surface area contributed by atoms with E-state index in [1.807, 2.05) is 0 Å². The molecule has 1 aromatic carbocycles. The van der Waals surface area contributed by atoms with E-state index in [0.29, 0.717) is 5.56 Å². The zero-order chi connectivity index (χ0) is 17.6. The Hall–Kier alpha value is -1.54. The zero-order valence-electron chi connectivity index (χ0n) is 11.5. The van der Waals surface area contributed by atoms with Crippen molar-refractivity contribution in [2.45, 2.75) is 19.3 Å². The van der Waals surface area contributed by atoms with Crippen molar-refractivity contribution < 1.29 is 55.2 Å². The van der Waals surface area contributed by atoms with Crippen molar-refractivity contribution in [3.8, 4) is 11.3 Å². The molecule has 1 radical (unpaired) electrons. The van der Waals surface area contributed by atoms with Gasteiger partial charge in [0.25, 0.3) is 0 Å². The molecule has 0 amide bonds. The van der Waals surface area contributed by atoms with Crippen LogP contribution in [0, 0.1) is 24.6 Å². The molecule has 0 N–H and O–H groups in total. The maximum Gasteiger partial charge on any atom is 0.405 e. The van der Waals surface area contributed by atoms with Crippen LogP contribution in [-0.2, 0) is 32.5 Å². The minimum absolute atomic E-state index is 0. The number of alkyl halides is 6. The van der Waals surface area contributed by atoms with Crippen LogP contribution in [0.2, 0.25) is 0 Å². The van der Waals surface area contributed by atoms with E-state index in [1.54, 1.807) is 0 Å². The van der Waals surface area contributed by atoms with Crippen LogP contribution in [0.5, 0.6) is 0 Å². The quantitative estimate of drug-likeness (QED) is 0.365. The summed E-state index contributed by atoms with van der Waals surface area (Å²) in [5, 5.41) is 0. The molecule has 0 saturated carbocycles. The fraction of sp³-hybridized carbons (Fsp3) is 0.214. The predicted octanol–water partition coefficient (Wildman–Crippen LogP) is 5.17. The number of halogens is 8. The average molecular weight is 532 g/mol. The van der Waals surface area contributed by atoms with Crippen molar-refractivity contribution >= 4 is 0 Å². The second-order valence-electron chi connectivity index (χ2n) is 4.59. The summed E-state index contributed by atoms with van der Waals surface area (Å²) in [6.45, 7) is 1.47. The zero-order valence-corrected chi connectivity index (χ0v) is 13.9. The van der Waals surface area contributed by atoms with Crippen molar-refractivity contribution in [1.82, 2.24) is 4.98 Å². The van der Waals surface area contributed by atoms with Gasteiger partial charge in [-0.15, -0.1) is 6.07 Å². The van der Waals surface area contributed by atoms with Crippen LogP contribution in [0.25, 0.3) is 11.3 Å². The minimum Gasteiger partial charge on any atom is -0.305 e. The molecule has 10 heteroatoms. The Labute approximate surface area is 144 Å². The number of hydrogen-bond acceptors (Lipinski definition) is 1. The maximum absolute atomic E-state index is 14.0. The van der Waals surface area contributed by atoms with E-state index in [1.165, 1.54) is 19.1 Å². The van der Waals surface area contributed by atoms with Crippen LogP contribution in [-0.4, -0.2) is 4.98 Å². The smallest absolute Gasteiger partial charge is 0.305 e. The first-order valence-electron chi connectivity index (χ1n) is 5.94. The molecule has 1 aromatic heterocycles. The van der Waals surface area contributed by atoms with E-state index in [4.69, 9.17) is 0 Å². The topological polar surface area (TPSA) is 12.9 Å². The first-order valence-corrected chi connectivity index (χ1v) is 5.94. The number of aromatic nitrogens is 1. The SMILES string of the molecule is Cc1ccnc(-c2[c-]c(C(F)(F)F)c(F)c(C(F)(F)F)c2F)c1.[Ir]. The Morgan fingerprint density at radius 2 is 1.54 bits per heavy atom. The third-order valence-corrected chi connectivity index (χ3v) is 2.87. The molecule has 133 valence electrons. The van der Waals surface area contributed by atoms with Gasteiger partial charge in [0.2, 0.25) is 0 Å². The molecule has 1 nitrogen and oxygen atoms in total. The molecule has 2 aromatic rings. The van der Waals surface area contributed by atoms with Crippen LogP contribution in [0.3, 0.4) is 0 Å². The van der Waals surface area contributed by atoms with Gasteiger partial charge in [-0.3, -0.25) is 8.78 Å². The molecule has 0 bridgehead atoms. The molecule has 24 heavy (non-hydrogen) atoms. The number of aryl methyl sites for hydroxylation is 1. The molecule has 0 saturated heterocycles. The second kappa shape index (κ2) is 6.76.